The predicted octanol–water partition coefficient (Wildman–Crippen LogP) is 7.44. The molecule has 15 heteroatoms. The van der Waals surface area contributed by atoms with Gasteiger partial charge in [-0.2, -0.15) is 0 Å². The smallest absolute Gasteiger partial charge is 0.263 e. The molecule has 4 heterocycles. The number of hydrogen-bond acceptors (Lipinski definition) is 10. The highest BCUT2D eigenvalue weighted by Gasteiger charge is 2.21. The van der Waals surface area contributed by atoms with Gasteiger partial charge in [-0.1, -0.05) is 84.9 Å². The largest absolute Gasteiger partial charge is 0.354 e. The summed E-state index contributed by atoms with van der Waals surface area (Å²) in [5.74, 6) is -0.120. The summed E-state index contributed by atoms with van der Waals surface area (Å²) in [6.45, 7) is 2.28. The van der Waals surface area contributed by atoms with Crippen molar-refractivity contribution >= 4 is 17.8 Å². The van der Waals surface area contributed by atoms with Crippen molar-refractivity contribution in [2.24, 2.45) is 19.8 Å². The molecule has 67 heavy (non-hydrogen) atoms. The lowest BCUT2D eigenvalue weighted by atomic mass is 10.0. The van der Waals surface area contributed by atoms with E-state index in [9.17, 15) is 23.2 Å². The van der Waals surface area contributed by atoms with Gasteiger partial charge in [0, 0.05) is 76.1 Å². The van der Waals surface area contributed by atoms with E-state index >= 15 is 0 Å². The van der Waals surface area contributed by atoms with Crippen LogP contribution >= 0.6 is 0 Å². The van der Waals surface area contributed by atoms with Crippen LogP contribution in [-0.2, 0) is 31.7 Å². The average molecular weight is 901 g/mol. The minimum Gasteiger partial charge on any atom is -0.354 e. The Kier molecular flexibility index (Phi) is 15.5. The standard InChI is InChI=1S/C27H26FN5O2.C25H24FN5O/c1-18(34)31-23(16-19-6-4-3-5-7-19)17-30-27-32-25(21-12-14-29-15-13-21)24(26(35)33(27)2)20-8-10-22(28)11-9-20;1-31-24(32)22(18-7-9-20(26)10-8-18)23(19-11-13-28-14-12-19)30-25(31)29-16-21(27)15-17-5-3-2-4-6-17/h3-15,23H,16-17H2,1-2H3,(H,30,32)(H,31,34);2-14,21H,15-16,27H2,1H3,(H,29,30)/t23-;21-/m00/s1. The lowest BCUT2D eigenvalue weighted by Crippen LogP contribution is -2.41. The van der Waals surface area contributed by atoms with Gasteiger partial charge in [0.05, 0.1) is 28.6 Å². The van der Waals surface area contributed by atoms with Gasteiger partial charge in [-0.3, -0.25) is 33.5 Å². The molecule has 4 aromatic carbocycles. The molecular weight excluding hydrogens is 851 g/mol. The van der Waals surface area contributed by atoms with Crippen LogP contribution in [0.1, 0.15) is 18.1 Å². The van der Waals surface area contributed by atoms with Crippen LogP contribution in [0.4, 0.5) is 20.7 Å². The first kappa shape index (κ1) is 46.8. The Morgan fingerprint density at radius 1 is 0.567 bits per heavy atom. The number of pyridine rings is 2. The molecule has 8 aromatic rings. The number of nitrogens with one attached hydrogen (secondary N) is 3. The molecule has 0 spiro atoms. The van der Waals surface area contributed by atoms with E-state index in [0.29, 0.717) is 77.0 Å². The zero-order chi connectivity index (χ0) is 47.3. The first-order valence-electron chi connectivity index (χ1n) is 21.6. The second-order valence-corrected chi connectivity index (χ2v) is 15.8. The highest BCUT2D eigenvalue weighted by atomic mass is 19.1. The first-order valence-corrected chi connectivity index (χ1v) is 21.6. The van der Waals surface area contributed by atoms with Crippen LogP contribution in [0.2, 0.25) is 0 Å². The Morgan fingerprint density at radius 2 is 0.970 bits per heavy atom. The van der Waals surface area contributed by atoms with E-state index < -0.39 is 0 Å². The molecular formula is C52H50F2N10O3. The number of benzene rings is 4. The minimum absolute atomic E-state index is 0.140. The van der Waals surface area contributed by atoms with E-state index in [1.54, 1.807) is 87.4 Å². The van der Waals surface area contributed by atoms with Gasteiger partial charge in [0.1, 0.15) is 11.6 Å². The van der Waals surface area contributed by atoms with Crippen LogP contribution < -0.4 is 32.8 Å². The molecule has 1 amide bonds. The predicted molar refractivity (Wildman–Crippen MR) is 259 cm³/mol. The zero-order valence-corrected chi connectivity index (χ0v) is 37.2. The number of aromatic nitrogens is 6. The monoisotopic (exact) mass is 900 g/mol. The van der Waals surface area contributed by atoms with Crippen molar-refractivity contribution in [2.45, 2.75) is 31.8 Å². The van der Waals surface area contributed by atoms with E-state index in [0.717, 1.165) is 16.7 Å². The number of rotatable bonds is 15. The maximum Gasteiger partial charge on any atom is 0.263 e. The summed E-state index contributed by atoms with van der Waals surface area (Å²) in [5, 5.41) is 9.42. The SMILES string of the molecule is CC(=O)N[C@H](CNc1nc(-c2ccncc2)c(-c2ccc(F)cc2)c(=O)n1C)Cc1ccccc1.Cn1c(NC[C@@H](N)Cc2ccccc2)nc(-c2ccncc2)c(-c2ccc(F)cc2)c1=O. The van der Waals surface area contributed by atoms with Crippen LogP contribution in [-0.4, -0.2) is 60.2 Å². The molecule has 5 N–H and O–H groups in total. The fraction of sp³-hybridized carbons (Fsp3) is 0.173. The molecule has 0 bridgehead atoms. The van der Waals surface area contributed by atoms with Gasteiger partial charge in [0.25, 0.3) is 11.1 Å². The fourth-order valence-corrected chi connectivity index (χ4v) is 7.50. The number of nitrogens with two attached hydrogens (primary N) is 1. The number of halogens is 2. The summed E-state index contributed by atoms with van der Waals surface area (Å²) in [4.78, 5) is 56.3. The van der Waals surface area contributed by atoms with Crippen molar-refractivity contribution in [3.8, 4) is 44.8 Å². The summed E-state index contributed by atoms with van der Waals surface area (Å²) in [5.41, 5.74) is 12.4. The zero-order valence-electron chi connectivity index (χ0n) is 37.2. The maximum atomic E-state index is 13.5. The molecule has 8 rings (SSSR count). The molecule has 0 aliphatic rings. The number of hydrogen-bond donors (Lipinski definition) is 4. The summed E-state index contributed by atoms with van der Waals surface area (Å²) < 4.78 is 29.9. The quantitative estimate of drug-likeness (QED) is 0.0810. The van der Waals surface area contributed by atoms with E-state index in [1.165, 1.54) is 40.3 Å². The van der Waals surface area contributed by atoms with E-state index in [2.05, 4.69) is 25.9 Å². The Bertz CT molecular complexity index is 3010. The molecule has 0 saturated carbocycles. The van der Waals surface area contributed by atoms with Crippen LogP contribution in [0.25, 0.3) is 44.8 Å². The molecule has 0 fully saturated rings. The van der Waals surface area contributed by atoms with Crippen molar-refractivity contribution in [3.05, 3.63) is 202 Å². The second-order valence-electron chi connectivity index (χ2n) is 15.8. The van der Waals surface area contributed by atoms with Gasteiger partial charge in [0.2, 0.25) is 17.8 Å². The van der Waals surface area contributed by atoms with Gasteiger partial charge in [0.15, 0.2) is 0 Å². The lowest BCUT2D eigenvalue weighted by Gasteiger charge is -2.21. The van der Waals surface area contributed by atoms with Crippen LogP contribution in [0.15, 0.2) is 168 Å². The number of carbonyl (C=O) groups is 1. The Morgan fingerprint density at radius 3 is 1.39 bits per heavy atom. The summed E-state index contributed by atoms with van der Waals surface area (Å²) in [6.07, 6.45) is 7.86. The molecule has 2 atom stereocenters. The van der Waals surface area contributed by atoms with Crippen molar-refractivity contribution in [3.63, 3.8) is 0 Å². The van der Waals surface area contributed by atoms with E-state index in [4.69, 9.17) is 15.7 Å². The molecule has 0 radical (unpaired) electrons. The van der Waals surface area contributed by atoms with Crippen molar-refractivity contribution in [2.75, 3.05) is 23.7 Å². The van der Waals surface area contributed by atoms with Crippen LogP contribution in [0.3, 0.4) is 0 Å². The van der Waals surface area contributed by atoms with Gasteiger partial charge in [-0.25, -0.2) is 18.7 Å². The molecule has 0 aliphatic heterocycles. The number of carbonyl (C=O) groups excluding carboxylic acids is 1. The van der Waals surface area contributed by atoms with E-state index in [-0.39, 0.29) is 40.7 Å². The van der Waals surface area contributed by atoms with Crippen molar-refractivity contribution < 1.29 is 13.6 Å². The van der Waals surface area contributed by atoms with Gasteiger partial charge >= 0.3 is 0 Å². The van der Waals surface area contributed by atoms with Crippen LogP contribution in [0.5, 0.6) is 0 Å². The van der Waals surface area contributed by atoms with Crippen LogP contribution in [0, 0.1) is 11.6 Å². The summed E-state index contributed by atoms with van der Waals surface area (Å²) in [7, 11) is 3.29. The third kappa shape index (κ3) is 12.1. The molecule has 0 aliphatic carbocycles. The molecule has 0 saturated heterocycles. The average Bonchev–Trinajstić information content (AvgIpc) is 3.34. The fourth-order valence-electron chi connectivity index (χ4n) is 7.50. The second kappa shape index (κ2) is 22.1. The molecule has 4 aromatic heterocycles. The minimum atomic E-state index is -0.385. The number of anilines is 2. The molecule has 13 nitrogen and oxygen atoms in total. The number of amides is 1. The highest BCUT2D eigenvalue weighted by Crippen LogP contribution is 2.30. The Labute approximate surface area is 386 Å². The topological polar surface area (TPSA) is 175 Å². The maximum absolute atomic E-state index is 13.5. The Hall–Kier alpha value is -8.17. The lowest BCUT2D eigenvalue weighted by molar-refractivity contribution is -0.119. The number of nitrogens with zero attached hydrogens (tertiary/aromatic N) is 6. The summed E-state index contributed by atoms with van der Waals surface area (Å²) >= 11 is 0. The van der Waals surface area contributed by atoms with Crippen molar-refractivity contribution in [1.29, 1.82) is 0 Å². The van der Waals surface area contributed by atoms with Gasteiger partial charge in [-0.15, -0.1) is 0 Å². The first-order chi connectivity index (χ1) is 32.4. The highest BCUT2D eigenvalue weighted by molar-refractivity contribution is 5.82. The molecule has 340 valence electrons. The normalized spacial score (nSPS) is 11.7. The summed E-state index contributed by atoms with van der Waals surface area (Å²) in [6, 6.07) is 38.2. The van der Waals surface area contributed by atoms with Gasteiger partial charge < -0.3 is 21.7 Å². The van der Waals surface area contributed by atoms with Gasteiger partial charge in [-0.05, 0) is 83.6 Å². The Balaban J connectivity index is 0.000000200. The van der Waals surface area contributed by atoms with E-state index in [1.807, 2.05) is 60.7 Å². The third-order valence-corrected chi connectivity index (χ3v) is 10.9. The molecule has 0 unspecified atom stereocenters. The third-order valence-electron chi connectivity index (χ3n) is 10.9. The van der Waals surface area contributed by atoms with Crippen molar-refractivity contribution in [1.82, 2.24) is 34.4 Å².